The van der Waals surface area contributed by atoms with Crippen molar-refractivity contribution in [3.63, 3.8) is 0 Å². The topological polar surface area (TPSA) is 21.3 Å². The summed E-state index contributed by atoms with van der Waals surface area (Å²) < 4.78 is 5.44. The highest BCUT2D eigenvalue weighted by Crippen LogP contribution is 2.31. The molecule has 0 unspecified atom stereocenters. The predicted molar refractivity (Wildman–Crippen MR) is 76.5 cm³/mol. The van der Waals surface area contributed by atoms with E-state index >= 15 is 0 Å². The van der Waals surface area contributed by atoms with Gasteiger partial charge >= 0.3 is 0 Å². The highest BCUT2D eigenvalue weighted by Gasteiger charge is 2.27. The molecule has 0 amide bonds. The molecule has 0 bridgehead atoms. The Morgan fingerprint density at radius 3 is 2.00 bits per heavy atom. The summed E-state index contributed by atoms with van der Waals surface area (Å²) in [6.45, 7) is 16.3. The van der Waals surface area contributed by atoms with Crippen molar-refractivity contribution >= 4 is 0 Å². The van der Waals surface area contributed by atoms with Crippen LogP contribution in [0.5, 0.6) is 0 Å². The van der Waals surface area contributed by atoms with Crippen molar-refractivity contribution in [3.8, 4) is 0 Å². The molecule has 0 rings (SSSR count). The van der Waals surface area contributed by atoms with Crippen LogP contribution in [0.4, 0.5) is 0 Å². The molecule has 0 fully saturated rings. The van der Waals surface area contributed by atoms with E-state index in [0.29, 0.717) is 5.41 Å². The summed E-state index contributed by atoms with van der Waals surface area (Å²) >= 11 is 0. The SMILES string of the molecule is CCOCCCC(CC)(CC)CNC(C)(C)C. The van der Waals surface area contributed by atoms with Gasteiger partial charge in [0.2, 0.25) is 0 Å². The monoisotopic (exact) mass is 243 g/mol. The van der Waals surface area contributed by atoms with Gasteiger partial charge in [-0.15, -0.1) is 0 Å². The minimum Gasteiger partial charge on any atom is -0.382 e. The zero-order chi connectivity index (χ0) is 13.4. The number of nitrogens with one attached hydrogen (secondary N) is 1. The van der Waals surface area contributed by atoms with E-state index in [1.165, 1.54) is 25.7 Å². The quantitative estimate of drug-likeness (QED) is 0.618. The first kappa shape index (κ1) is 16.9. The number of hydrogen-bond acceptors (Lipinski definition) is 2. The molecule has 0 spiro atoms. The van der Waals surface area contributed by atoms with Crippen LogP contribution in [0.15, 0.2) is 0 Å². The lowest BCUT2D eigenvalue weighted by Gasteiger charge is -2.35. The van der Waals surface area contributed by atoms with Gasteiger partial charge in [0.05, 0.1) is 0 Å². The molecule has 0 atom stereocenters. The molecule has 0 saturated carbocycles. The summed E-state index contributed by atoms with van der Waals surface area (Å²) in [4.78, 5) is 0. The Hall–Kier alpha value is -0.0800. The summed E-state index contributed by atoms with van der Waals surface area (Å²) in [7, 11) is 0. The second-order valence-electron chi connectivity index (χ2n) is 6.11. The van der Waals surface area contributed by atoms with Crippen LogP contribution in [0, 0.1) is 5.41 Å². The summed E-state index contributed by atoms with van der Waals surface area (Å²) in [5.41, 5.74) is 0.667. The molecule has 104 valence electrons. The molecule has 0 heterocycles. The second kappa shape index (κ2) is 8.10. The van der Waals surface area contributed by atoms with Crippen molar-refractivity contribution in [3.05, 3.63) is 0 Å². The molecule has 2 heteroatoms. The van der Waals surface area contributed by atoms with Gasteiger partial charge in [0.25, 0.3) is 0 Å². The van der Waals surface area contributed by atoms with E-state index < -0.39 is 0 Å². The zero-order valence-electron chi connectivity index (χ0n) is 12.9. The van der Waals surface area contributed by atoms with E-state index in [0.717, 1.165) is 19.8 Å². The fourth-order valence-corrected chi connectivity index (χ4v) is 2.09. The Morgan fingerprint density at radius 1 is 1.00 bits per heavy atom. The second-order valence-corrected chi connectivity index (χ2v) is 6.11. The molecule has 0 aliphatic heterocycles. The summed E-state index contributed by atoms with van der Waals surface area (Å²) in [5, 5.41) is 3.66. The van der Waals surface area contributed by atoms with Gasteiger partial charge < -0.3 is 10.1 Å². The Balaban J connectivity index is 4.15. The Kier molecular flexibility index (Phi) is 8.06. The molecule has 17 heavy (non-hydrogen) atoms. The van der Waals surface area contributed by atoms with Crippen LogP contribution >= 0.6 is 0 Å². The van der Waals surface area contributed by atoms with Gasteiger partial charge in [0, 0.05) is 25.3 Å². The lowest BCUT2D eigenvalue weighted by Crippen LogP contribution is -2.43. The lowest BCUT2D eigenvalue weighted by atomic mass is 9.77. The minimum absolute atomic E-state index is 0.218. The van der Waals surface area contributed by atoms with E-state index in [-0.39, 0.29) is 5.54 Å². The van der Waals surface area contributed by atoms with Crippen LogP contribution in [-0.2, 0) is 4.74 Å². The van der Waals surface area contributed by atoms with E-state index in [4.69, 9.17) is 4.74 Å². The first-order valence-electron chi connectivity index (χ1n) is 7.22. The maximum atomic E-state index is 5.44. The van der Waals surface area contributed by atoms with Crippen molar-refractivity contribution in [2.75, 3.05) is 19.8 Å². The van der Waals surface area contributed by atoms with Crippen LogP contribution < -0.4 is 5.32 Å². The van der Waals surface area contributed by atoms with Gasteiger partial charge in [-0.2, -0.15) is 0 Å². The minimum atomic E-state index is 0.218. The molecule has 0 aliphatic rings. The normalized spacial score (nSPS) is 13.1. The van der Waals surface area contributed by atoms with Gasteiger partial charge in [-0.05, 0) is 58.8 Å². The maximum Gasteiger partial charge on any atom is 0.0466 e. The summed E-state index contributed by atoms with van der Waals surface area (Å²) in [6.07, 6.45) is 4.95. The third kappa shape index (κ3) is 7.77. The molecule has 1 N–H and O–H groups in total. The van der Waals surface area contributed by atoms with Crippen molar-refractivity contribution in [2.45, 2.75) is 72.8 Å². The van der Waals surface area contributed by atoms with Crippen LogP contribution in [-0.4, -0.2) is 25.3 Å². The fourth-order valence-electron chi connectivity index (χ4n) is 2.09. The summed E-state index contributed by atoms with van der Waals surface area (Å²) in [5.74, 6) is 0. The van der Waals surface area contributed by atoms with Gasteiger partial charge in [-0.3, -0.25) is 0 Å². The first-order valence-corrected chi connectivity index (χ1v) is 7.22. The van der Waals surface area contributed by atoms with Crippen LogP contribution in [0.25, 0.3) is 0 Å². The number of hydrogen-bond donors (Lipinski definition) is 1. The Morgan fingerprint density at radius 2 is 1.59 bits per heavy atom. The van der Waals surface area contributed by atoms with E-state index in [2.05, 4.69) is 46.9 Å². The molecule has 0 aromatic carbocycles. The standard InChI is InChI=1S/C15H33NO/c1-7-15(8-2,11-10-12-17-9-3)13-16-14(4,5)6/h16H,7-13H2,1-6H3. The van der Waals surface area contributed by atoms with Gasteiger partial charge in [-0.1, -0.05) is 13.8 Å². The van der Waals surface area contributed by atoms with Crippen molar-refractivity contribution in [2.24, 2.45) is 5.41 Å². The van der Waals surface area contributed by atoms with Crippen molar-refractivity contribution < 1.29 is 4.74 Å². The van der Waals surface area contributed by atoms with E-state index in [9.17, 15) is 0 Å². The Bertz CT molecular complexity index is 180. The predicted octanol–water partition coefficient (Wildman–Crippen LogP) is 4.00. The average Bonchev–Trinajstić information content (AvgIpc) is 2.28. The van der Waals surface area contributed by atoms with Gasteiger partial charge in [0.15, 0.2) is 0 Å². The van der Waals surface area contributed by atoms with Crippen LogP contribution in [0.3, 0.4) is 0 Å². The molecule has 0 radical (unpaired) electrons. The lowest BCUT2D eigenvalue weighted by molar-refractivity contribution is 0.120. The summed E-state index contributed by atoms with van der Waals surface area (Å²) in [6, 6.07) is 0. The zero-order valence-corrected chi connectivity index (χ0v) is 12.9. The number of ether oxygens (including phenoxy) is 1. The van der Waals surface area contributed by atoms with Crippen molar-refractivity contribution in [1.29, 1.82) is 0 Å². The highest BCUT2D eigenvalue weighted by atomic mass is 16.5. The molecule has 0 saturated heterocycles. The molecule has 0 aliphatic carbocycles. The third-order valence-electron chi connectivity index (χ3n) is 3.69. The highest BCUT2D eigenvalue weighted by molar-refractivity contribution is 4.83. The van der Waals surface area contributed by atoms with Gasteiger partial charge in [-0.25, -0.2) is 0 Å². The van der Waals surface area contributed by atoms with Crippen LogP contribution in [0.1, 0.15) is 67.2 Å². The molecule has 2 nitrogen and oxygen atoms in total. The van der Waals surface area contributed by atoms with E-state index in [1.807, 2.05) is 0 Å². The first-order chi connectivity index (χ1) is 7.89. The van der Waals surface area contributed by atoms with Gasteiger partial charge in [0.1, 0.15) is 0 Å². The third-order valence-corrected chi connectivity index (χ3v) is 3.69. The molecular weight excluding hydrogens is 210 g/mol. The molecule has 0 aromatic heterocycles. The fraction of sp³-hybridized carbons (Fsp3) is 1.00. The average molecular weight is 243 g/mol. The number of rotatable bonds is 9. The van der Waals surface area contributed by atoms with Crippen LogP contribution in [0.2, 0.25) is 0 Å². The molecular formula is C15H33NO. The molecule has 0 aromatic rings. The smallest absolute Gasteiger partial charge is 0.0466 e. The van der Waals surface area contributed by atoms with E-state index in [1.54, 1.807) is 0 Å². The maximum absolute atomic E-state index is 5.44. The largest absolute Gasteiger partial charge is 0.382 e. The Labute approximate surface area is 109 Å². The van der Waals surface area contributed by atoms with Crippen molar-refractivity contribution in [1.82, 2.24) is 5.32 Å².